The maximum Gasteiger partial charge on any atom is 0.274 e. The number of hydrogen-bond donors (Lipinski definition) is 0. The van der Waals surface area contributed by atoms with E-state index >= 15 is 0 Å². The van der Waals surface area contributed by atoms with E-state index in [1.54, 1.807) is 6.07 Å². The van der Waals surface area contributed by atoms with Crippen LogP contribution in [0.1, 0.15) is 31.2 Å². The second kappa shape index (κ2) is 8.69. The number of nitrogens with zero attached hydrogens (tertiary/aromatic N) is 2. The van der Waals surface area contributed by atoms with Gasteiger partial charge in [0.25, 0.3) is 5.19 Å². The van der Waals surface area contributed by atoms with Crippen molar-refractivity contribution < 1.29 is 13.9 Å². The van der Waals surface area contributed by atoms with E-state index in [2.05, 4.69) is 17.1 Å². The number of hydrogen-bond acceptors (Lipinski definition) is 4. The fourth-order valence-corrected chi connectivity index (χ4v) is 4.45. The number of ether oxygens (including phenoxy) is 1. The first-order valence-corrected chi connectivity index (χ1v) is 10.5. The monoisotopic (exact) mass is 398 g/mol. The number of benzene rings is 2. The first kappa shape index (κ1) is 18.9. The zero-order valence-corrected chi connectivity index (χ0v) is 16.5. The van der Waals surface area contributed by atoms with Gasteiger partial charge in [-0.2, -0.15) is 0 Å². The van der Waals surface area contributed by atoms with Gasteiger partial charge in [0, 0.05) is 32.4 Å². The third-order valence-electron chi connectivity index (χ3n) is 5.09. The van der Waals surface area contributed by atoms with E-state index in [4.69, 9.17) is 4.74 Å². The summed E-state index contributed by atoms with van der Waals surface area (Å²) in [5.41, 5.74) is 2.03. The molecule has 2 heterocycles. The van der Waals surface area contributed by atoms with Crippen LogP contribution < -0.4 is 4.74 Å². The highest BCUT2D eigenvalue weighted by Crippen LogP contribution is 2.30. The molecular weight excluding hydrogens is 375 g/mol. The van der Waals surface area contributed by atoms with E-state index in [1.807, 2.05) is 23.1 Å². The molecule has 146 valence electrons. The summed E-state index contributed by atoms with van der Waals surface area (Å²) in [4.78, 5) is 18.8. The third kappa shape index (κ3) is 4.68. The SMILES string of the molecule is O=C(CCCc1ccccc1)N1CCC(Oc2nc3ccc(F)cc3s2)CC1. The van der Waals surface area contributed by atoms with Crippen molar-refractivity contribution in [3.63, 3.8) is 0 Å². The normalized spacial score (nSPS) is 15.1. The summed E-state index contributed by atoms with van der Waals surface area (Å²) in [6.45, 7) is 1.43. The van der Waals surface area contributed by atoms with Crippen LogP contribution in [0.2, 0.25) is 0 Å². The molecule has 6 heteroatoms. The number of piperidine rings is 1. The van der Waals surface area contributed by atoms with Crippen LogP contribution in [0.5, 0.6) is 5.19 Å². The summed E-state index contributed by atoms with van der Waals surface area (Å²) in [5, 5.41) is 0.577. The molecule has 0 saturated carbocycles. The van der Waals surface area contributed by atoms with Gasteiger partial charge in [0.15, 0.2) is 0 Å². The Morgan fingerprint density at radius 3 is 2.75 bits per heavy atom. The van der Waals surface area contributed by atoms with Gasteiger partial charge in [-0.05, 0) is 36.6 Å². The molecule has 3 aromatic rings. The van der Waals surface area contributed by atoms with Gasteiger partial charge in [-0.1, -0.05) is 41.7 Å². The number of rotatable bonds is 6. The van der Waals surface area contributed by atoms with Gasteiger partial charge in [0.05, 0.1) is 10.2 Å². The van der Waals surface area contributed by atoms with Crippen molar-refractivity contribution in [2.24, 2.45) is 0 Å². The number of fused-ring (bicyclic) bond motifs is 1. The summed E-state index contributed by atoms with van der Waals surface area (Å²) < 4.78 is 20.1. The quantitative estimate of drug-likeness (QED) is 0.597. The molecule has 1 fully saturated rings. The van der Waals surface area contributed by atoms with E-state index in [9.17, 15) is 9.18 Å². The molecule has 1 aliphatic rings. The average Bonchev–Trinajstić information content (AvgIpc) is 3.10. The minimum absolute atomic E-state index is 0.0544. The average molecular weight is 399 g/mol. The van der Waals surface area contributed by atoms with Crippen molar-refractivity contribution in [3.8, 4) is 5.19 Å². The first-order chi connectivity index (χ1) is 13.7. The van der Waals surface area contributed by atoms with Crippen LogP contribution in [-0.2, 0) is 11.2 Å². The molecule has 28 heavy (non-hydrogen) atoms. The van der Waals surface area contributed by atoms with E-state index in [1.165, 1.54) is 29.0 Å². The van der Waals surface area contributed by atoms with E-state index in [0.29, 0.717) is 24.7 Å². The zero-order valence-electron chi connectivity index (χ0n) is 15.6. The molecule has 1 amide bonds. The Morgan fingerprint density at radius 2 is 1.96 bits per heavy atom. The summed E-state index contributed by atoms with van der Waals surface area (Å²) in [7, 11) is 0. The topological polar surface area (TPSA) is 42.4 Å². The lowest BCUT2D eigenvalue weighted by Gasteiger charge is -2.31. The Bertz CT molecular complexity index is 936. The lowest BCUT2D eigenvalue weighted by molar-refractivity contribution is -0.133. The molecule has 0 atom stereocenters. The van der Waals surface area contributed by atoms with Crippen LogP contribution in [0.25, 0.3) is 10.2 Å². The predicted octanol–water partition coefficient (Wildman–Crippen LogP) is 4.83. The van der Waals surface area contributed by atoms with Gasteiger partial charge in [0.1, 0.15) is 11.9 Å². The van der Waals surface area contributed by atoms with Crippen LogP contribution in [0.3, 0.4) is 0 Å². The van der Waals surface area contributed by atoms with Crippen LogP contribution in [0.15, 0.2) is 48.5 Å². The van der Waals surface area contributed by atoms with E-state index in [0.717, 1.165) is 35.9 Å². The molecule has 0 N–H and O–H groups in total. The van der Waals surface area contributed by atoms with Crippen LogP contribution >= 0.6 is 11.3 Å². The maximum atomic E-state index is 13.3. The lowest BCUT2D eigenvalue weighted by Crippen LogP contribution is -2.41. The third-order valence-corrected chi connectivity index (χ3v) is 6.00. The number of halogens is 1. The molecular formula is C22H23FN2O2S. The van der Waals surface area contributed by atoms with Crippen molar-refractivity contribution in [2.75, 3.05) is 13.1 Å². The summed E-state index contributed by atoms with van der Waals surface area (Å²) in [6.07, 6.45) is 4.05. The largest absolute Gasteiger partial charge is 0.467 e. The van der Waals surface area contributed by atoms with Gasteiger partial charge < -0.3 is 9.64 Å². The van der Waals surface area contributed by atoms with E-state index < -0.39 is 0 Å². The Balaban J connectivity index is 1.23. The van der Waals surface area contributed by atoms with Crippen molar-refractivity contribution in [3.05, 3.63) is 59.9 Å². The second-order valence-electron chi connectivity index (χ2n) is 7.13. The van der Waals surface area contributed by atoms with E-state index in [-0.39, 0.29) is 17.8 Å². The fourth-order valence-electron chi connectivity index (χ4n) is 3.54. The molecule has 4 rings (SSSR count). The molecule has 0 spiro atoms. The van der Waals surface area contributed by atoms with Crippen LogP contribution in [0, 0.1) is 5.82 Å². The number of aromatic nitrogens is 1. The van der Waals surface area contributed by atoms with Gasteiger partial charge in [-0.25, -0.2) is 9.37 Å². The van der Waals surface area contributed by atoms with Crippen molar-refractivity contribution in [1.29, 1.82) is 0 Å². The van der Waals surface area contributed by atoms with Crippen LogP contribution in [-0.4, -0.2) is 35.0 Å². The molecule has 0 unspecified atom stereocenters. The maximum absolute atomic E-state index is 13.3. The first-order valence-electron chi connectivity index (χ1n) is 9.72. The predicted molar refractivity (Wildman–Crippen MR) is 109 cm³/mol. The highest BCUT2D eigenvalue weighted by molar-refractivity contribution is 7.20. The number of carbonyl (C=O) groups excluding carboxylic acids is 1. The van der Waals surface area contributed by atoms with Crippen LogP contribution in [0.4, 0.5) is 4.39 Å². The summed E-state index contributed by atoms with van der Waals surface area (Å²) in [5.74, 6) is -0.0355. The minimum atomic E-state index is -0.262. The second-order valence-corrected chi connectivity index (χ2v) is 8.12. The van der Waals surface area contributed by atoms with Gasteiger partial charge in [-0.15, -0.1) is 0 Å². The highest BCUT2D eigenvalue weighted by Gasteiger charge is 2.24. The molecule has 0 radical (unpaired) electrons. The minimum Gasteiger partial charge on any atom is -0.467 e. The number of thiazole rings is 1. The zero-order chi connectivity index (χ0) is 19.3. The molecule has 4 nitrogen and oxygen atoms in total. The Hall–Kier alpha value is -2.47. The number of amides is 1. The smallest absolute Gasteiger partial charge is 0.274 e. The Kier molecular flexibility index (Phi) is 5.86. The van der Waals surface area contributed by atoms with Crippen molar-refractivity contribution >= 4 is 27.5 Å². The number of aryl methyl sites for hydroxylation is 1. The molecule has 2 aromatic carbocycles. The lowest BCUT2D eigenvalue weighted by atomic mass is 10.1. The molecule has 1 aliphatic heterocycles. The molecule has 1 aromatic heterocycles. The molecule has 1 saturated heterocycles. The van der Waals surface area contributed by atoms with Crippen molar-refractivity contribution in [2.45, 2.75) is 38.2 Å². The van der Waals surface area contributed by atoms with Gasteiger partial charge in [-0.3, -0.25) is 4.79 Å². The molecule has 0 bridgehead atoms. The molecule has 0 aliphatic carbocycles. The standard InChI is InChI=1S/C22H23FN2O2S/c23-17-9-10-19-20(15-17)28-22(24-19)27-18-11-13-25(14-12-18)21(26)8-4-7-16-5-2-1-3-6-16/h1-3,5-6,9-10,15,18H,4,7-8,11-14H2. The number of carbonyl (C=O) groups is 1. The van der Waals surface area contributed by atoms with Gasteiger partial charge >= 0.3 is 0 Å². The summed E-state index contributed by atoms with van der Waals surface area (Å²) >= 11 is 1.37. The summed E-state index contributed by atoms with van der Waals surface area (Å²) in [6, 6.07) is 14.8. The van der Waals surface area contributed by atoms with Gasteiger partial charge in [0.2, 0.25) is 5.91 Å². The Morgan fingerprint density at radius 1 is 1.18 bits per heavy atom. The Labute approximate surface area is 168 Å². The fraction of sp³-hybridized carbons (Fsp3) is 0.364. The highest BCUT2D eigenvalue weighted by atomic mass is 32.1. The van der Waals surface area contributed by atoms with Crippen molar-refractivity contribution in [1.82, 2.24) is 9.88 Å². The number of likely N-dealkylation sites (tertiary alicyclic amines) is 1.